The molecule has 0 aliphatic carbocycles. The number of para-hydroxylation sites is 2. The maximum absolute atomic E-state index is 12.5. The number of urea groups is 1. The predicted octanol–water partition coefficient (Wildman–Crippen LogP) is 2.12. The highest BCUT2D eigenvalue weighted by Crippen LogP contribution is 2.15. The summed E-state index contributed by atoms with van der Waals surface area (Å²) >= 11 is 0. The second-order valence-corrected chi connectivity index (χ2v) is 7.25. The minimum atomic E-state index is -0.665. The minimum absolute atomic E-state index is 0.158. The Bertz CT molecular complexity index is 1030. The number of aromatic amines is 1. The Balaban J connectivity index is 1.21. The Morgan fingerprint density at radius 3 is 2.63 bits per heavy atom. The highest BCUT2D eigenvalue weighted by atomic mass is 16.2. The van der Waals surface area contributed by atoms with Gasteiger partial charge < -0.3 is 15.6 Å². The summed E-state index contributed by atoms with van der Waals surface area (Å²) in [6.45, 7) is 0.676. The number of hydrogen-bond acceptors (Lipinski definition) is 4. The number of imide groups is 1. The molecule has 1 atom stereocenters. The molecule has 3 aromatic rings. The van der Waals surface area contributed by atoms with E-state index in [2.05, 4.69) is 20.6 Å². The number of rotatable bonds is 8. The van der Waals surface area contributed by atoms with E-state index in [1.54, 1.807) is 0 Å². The van der Waals surface area contributed by atoms with Crippen molar-refractivity contribution in [3.05, 3.63) is 66.0 Å². The molecule has 8 nitrogen and oxygen atoms in total. The molecule has 4 amide bonds. The van der Waals surface area contributed by atoms with Gasteiger partial charge in [-0.2, -0.15) is 0 Å². The Kier molecular flexibility index (Phi) is 5.74. The predicted molar refractivity (Wildman–Crippen MR) is 111 cm³/mol. The first-order valence-electron chi connectivity index (χ1n) is 9.96. The van der Waals surface area contributed by atoms with E-state index in [1.165, 1.54) is 4.90 Å². The van der Waals surface area contributed by atoms with Gasteiger partial charge >= 0.3 is 6.03 Å². The van der Waals surface area contributed by atoms with Crippen LogP contribution in [0.25, 0.3) is 11.0 Å². The topological polar surface area (TPSA) is 107 Å². The summed E-state index contributed by atoms with van der Waals surface area (Å²) in [5.41, 5.74) is 2.74. The molecular weight excluding hydrogens is 382 g/mol. The molecule has 0 bridgehead atoms. The number of nitrogens with one attached hydrogen (secondary N) is 3. The lowest BCUT2D eigenvalue weighted by Crippen LogP contribution is -2.33. The molecule has 8 heteroatoms. The highest BCUT2D eigenvalue weighted by molar-refractivity contribution is 6.04. The monoisotopic (exact) mass is 405 g/mol. The number of carbonyl (C=O) groups is 3. The third-order valence-corrected chi connectivity index (χ3v) is 5.07. The summed E-state index contributed by atoms with van der Waals surface area (Å²) in [4.78, 5) is 45.7. The van der Waals surface area contributed by atoms with Crippen molar-refractivity contribution in [1.29, 1.82) is 0 Å². The molecule has 2 heterocycles. The van der Waals surface area contributed by atoms with E-state index in [0.29, 0.717) is 13.0 Å². The van der Waals surface area contributed by atoms with E-state index in [1.807, 2.05) is 54.6 Å². The van der Waals surface area contributed by atoms with Crippen LogP contribution >= 0.6 is 0 Å². The molecule has 1 aliphatic heterocycles. The average molecular weight is 405 g/mol. The number of benzene rings is 2. The number of H-pyrrole nitrogens is 1. The molecule has 1 aromatic heterocycles. The van der Waals surface area contributed by atoms with Crippen molar-refractivity contribution >= 4 is 28.9 Å². The SMILES string of the molecule is O=C(CCC1NC(=O)N(Cc2ccccc2)C1=O)NCCc1nc2ccccc2[nH]1. The summed E-state index contributed by atoms with van der Waals surface area (Å²) in [7, 11) is 0. The summed E-state index contributed by atoms with van der Waals surface area (Å²) in [5.74, 6) is 0.361. The molecule has 0 radical (unpaired) electrons. The lowest BCUT2D eigenvalue weighted by molar-refractivity contribution is -0.128. The number of fused-ring (bicyclic) bond motifs is 1. The third kappa shape index (κ3) is 4.48. The van der Waals surface area contributed by atoms with Crippen LogP contribution in [0.1, 0.15) is 24.2 Å². The van der Waals surface area contributed by atoms with Gasteiger partial charge in [0.25, 0.3) is 5.91 Å². The molecule has 0 spiro atoms. The van der Waals surface area contributed by atoms with Crippen LogP contribution in [0.15, 0.2) is 54.6 Å². The molecule has 3 N–H and O–H groups in total. The van der Waals surface area contributed by atoms with Crippen LogP contribution in [0, 0.1) is 0 Å². The molecule has 1 unspecified atom stereocenters. The van der Waals surface area contributed by atoms with E-state index in [9.17, 15) is 14.4 Å². The van der Waals surface area contributed by atoms with Gasteiger partial charge in [-0.05, 0) is 24.1 Å². The number of carbonyl (C=O) groups excluding carboxylic acids is 3. The normalized spacial score (nSPS) is 16.1. The van der Waals surface area contributed by atoms with Gasteiger partial charge in [-0.25, -0.2) is 9.78 Å². The zero-order valence-electron chi connectivity index (χ0n) is 16.4. The largest absolute Gasteiger partial charge is 0.356 e. The average Bonchev–Trinajstić information content (AvgIpc) is 3.28. The molecule has 1 fully saturated rings. The number of imidazole rings is 1. The van der Waals surface area contributed by atoms with Gasteiger partial charge in [0, 0.05) is 19.4 Å². The first kappa shape index (κ1) is 19.6. The highest BCUT2D eigenvalue weighted by Gasteiger charge is 2.37. The molecule has 154 valence electrons. The van der Waals surface area contributed by atoms with Gasteiger partial charge in [-0.1, -0.05) is 42.5 Å². The lowest BCUT2D eigenvalue weighted by atomic mass is 10.1. The standard InChI is InChI=1S/C22H23N5O3/c28-20(23-13-12-19-24-16-8-4-5-9-17(16)25-19)11-10-18-21(29)27(22(30)26-18)14-15-6-2-1-3-7-15/h1-9,18H,10-14H2,(H,23,28)(H,24,25)(H,26,30). The second-order valence-electron chi connectivity index (χ2n) is 7.25. The zero-order valence-corrected chi connectivity index (χ0v) is 16.4. The van der Waals surface area contributed by atoms with E-state index >= 15 is 0 Å². The summed E-state index contributed by atoms with van der Waals surface area (Å²) in [5, 5.41) is 5.51. The van der Waals surface area contributed by atoms with E-state index < -0.39 is 12.1 Å². The van der Waals surface area contributed by atoms with E-state index in [0.717, 1.165) is 22.4 Å². The molecule has 1 saturated heterocycles. The van der Waals surface area contributed by atoms with Crippen molar-refractivity contribution in [2.24, 2.45) is 0 Å². The smallest absolute Gasteiger partial charge is 0.325 e. The number of aromatic nitrogens is 2. The molecule has 4 rings (SSSR count). The van der Waals surface area contributed by atoms with Gasteiger partial charge in [0.05, 0.1) is 17.6 Å². The number of amides is 4. The first-order valence-corrected chi connectivity index (χ1v) is 9.96. The van der Waals surface area contributed by atoms with Gasteiger partial charge in [-0.15, -0.1) is 0 Å². The lowest BCUT2D eigenvalue weighted by Gasteiger charge is -2.13. The first-order chi connectivity index (χ1) is 14.6. The van der Waals surface area contributed by atoms with Crippen molar-refractivity contribution < 1.29 is 14.4 Å². The van der Waals surface area contributed by atoms with Crippen LogP contribution < -0.4 is 10.6 Å². The maximum Gasteiger partial charge on any atom is 0.325 e. The van der Waals surface area contributed by atoms with Crippen LogP contribution in [-0.4, -0.2) is 45.3 Å². The Morgan fingerprint density at radius 1 is 1.07 bits per heavy atom. The maximum atomic E-state index is 12.5. The molecular formula is C22H23N5O3. The fourth-order valence-electron chi connectivity index (χ4n) is 3.50. The van der Waals surface area contributed by atoms with E-state index in [-0.39, 0.29) is 31.2 Å². The van der Waals surface area contributed by atoms with Gasteiger partial charge in [0.2, 0.25) is 5.91 Å². The van der Waals surface area contributed by atoms with Crippen LogP contribution in [0.5, 0.6) is 0 Å². The zero-order chi connectivity index (χ0) is 20.9. The second kappa shape index (κ2) is 8.77. The van der Waals surface area contributed by atoms with Crippen molar-refractivity contribution in [1.82, 2.24) is 25.5 Å². The molecule has 0 saturated carbocycles. The number of hydrogen-bond donors (Lipinski definition) is 3. The fraction of sp³-hybridized carbons (Fsp3) is 0.273. The van der Waals surface area contributed by atoms with Crippen LogP contribution in [0.3, 0.4) is 0 Å². The van der Waals surface area contributed by atoms with Gasteiger partial charge in [0.15, 0.2) is 0 Å². The molecule has 2 aromatic carbocycles. The summed E-state index contributed by atoms with van der Waals surface area (Å²) in [6, 6.07) is 16.0. The van der Waals surface area contributed by atoms with Crippen LogP contribution in [-0.2, 0) is 22.6 Å². The fourth-order valence-corrected chi connectivity index (χ4v) is 3.50. The Hall–Kier alpha value is -3.68. The van der Waals surface area contributed by atoms with Crippen LogP contribution in [0.2, 0.25) is 0 Å². The Labute approximate surface area is 173 Å². The minimum Gasteiger partial charge on any atom is -0.356 e. The summed E-state index contributed by atoms with van der Waals surface area (Å²) < 4.78 is 0. The summed E-state index contributed by atoms with van der Waals surface area (Å²) in [6.07, 6.45) is 1.02. The van der Waals surface area contributed by atoms with Gasteiger partial charge in [0.1, 0.15) is 11.9 Å². The van der Waals surface area contributed by atoms with E-state index in [4.69, 9.17) is 0 Å². The van der Waals surface area contributed by atoms with Crippen LogP contribution in [0.4, 0.5) is 4.79 Å². The molecule has 1 aliphatic rings. The van der Waals surface area contributed by atoms with Crippen molar-refractivity contribution in [3.8, 4) is 0 Å². The van der Waals surface area contributed by atoms with Crippen molar-refractivity contribution in [2.75, 3.05) is 6.54 Å². The Morgan fingerprint density at radius 2 is 1.83 bits per heavy atom. The number of nitrogens with zero attached hydrogens (tertiary/aromatic N) is 2. The third-order valence-electron chi connectivity index (χ3n) is 5.07. The quantitative estimate of drug-likeness (QED) is 0.499. The van der Waals surface area contributed by atoms with Gasteiger partial charge in [-0.3, -0.25) is 14.5 Å². The van der Waals surface area contributed by atoms with Crippen molar-refractivity contribution in [3.63, 3.8) is 0 Å². The van der Waals surface area contributed by atoms with Crippen molar-refractivity contribution in [2.45, 2.75) is 31.8 Å². The molecule has 30 heavy (non-hydrogen) atoms.